The lowest BCUT2D eigenvalue weighted by atomic mass is 10.1. The Labute approximate surface area is 768 Å². The second-order valence-electron chi connectivity index (χ2n) is 34.6. The number of halogens is 9. The Bertz CT molecular complexity index is 6580. The molecule has 35 heteroatoms. The fourth-order valence-electron chi connectivity index (χ4n) is 11.8. The highest BCUT2D eigenvalue weighted by Crippen LogP contribution is 2.42. The van der Waals surface area contributed by atoms with Gasteiger partial charge in [-0.05, 0) is 219 Å². The molecule has 0 amide bonds. The maximum Gasteiger partial charge on any atom is 0.416 e. The summed E-state index contributed by atoms with van der Waals surface area (Å²) < 4.78 is 104. The van der Waals surface area contributed by atoms with Gasteiger partial charge < -0.3 is 39.2 Å². The fraction of sp³-hybridized carbons (Fsp3) is 0.263. The van der Waals surface area contributed by atoms with Crippen molar-refractivity contribution in [3.05, 3.63) is 302 Å². The van der Waals surface area contributed by atoms with Gasteiger partial charge in [-0.1, -0.05) is 139 Å². The molecule has 672 valence electrons. The van der Waals surface area contributed by atoms with Crippen LogP contribution in [-0.4, -0.2) is 87.5 Å². The Kier molecular flexibility index (Phi) is 32.0. The van der Waals surface area contributed by atoms with Gasteiger partial charge in [-0.15, -0.1) is 0 Å². The topological polar surface area (TPSA) is 314 Å². The van der Waals surface area contributed by atoms with Gasteiger partial charge in [0.1, 0.15) is 49.7 Å². The molecule has 0 unspecified atom stereocenters. The van der Waals surface area contributed by atoms with Gasteiger partial charge in [0.2, 0.25) is 0 Å². The first-order chi connectivity index (χ1) is 61.1. The molecule has 0 radical (unpaired) electrons. The number of anilines is 5. The van der Waals surface area contributed by atoms with Crippen molar-refractivity contribution in [2.45, 2.75) is 162 Å². The largest absolute Gasteiger partial charge is 0.416 e. The first-order valence-electron chi connectivity index (χ1n) is 40.8. The molecule has 15 rings (SSSR count). The lowest BCUT2D eigenvalue weighted by Crippen LogP contribution is -2.40. The zero-order chi connectivity index (χ0) is 95.1. The molecule has 0 aliphatic carbocycles. The Morgan fingerprint density at radius 1 is 0.400 bits per heavy atom. The van der Waals surface area contributed by atoms with Crippen molar-refractivity contribution in [2.75, 3.05) is 16.4 Å². The van der Waals surface area contributed by atoms with Crippen LogP contribution >= 0.6 is 34.8 Å². The van der Waals surface area contributed by atoms with Crippen LogP contribution in [-0.2, 0) is 52.1 Å². The lowest BCUT2D eigenvalue weighted by Gasteiger charge is -2.36. The number of aliphatic hydroxyl groups excluding tert-OH is 1. The van der Waals surface area contributed by atoms with E-state index in [0.29, 0.717) is 104 Å². The number of rotatable bonds is 17. The molecule has 130 heavy (non-hydrogen) atoms. The molecule has 0 fully saturated rings. The van der Waals surface area contributed by atoms with Crippen LogP contribution in [0.2, 0.25) is 69.9 Å². The van der Waals surface area contributed by atoms with Gasteiger partial charge in [-0.2, -0.15) is 47.4 Å². The number of pyridine rings is 8. The van der Waals surface area contributed by atoms with Crippen molar-refractivity contribution in [1.29, 1.82) is 21.0 Å². The molecule has 0 aliphatic rings. The SMILES string of the molecule is CC(C)(C)[Si](C)(C)OCc1cn2ccccc2n1.CC(C)(C)[Si](C)(C)OCc1nc2ccccn2c1-c1cc(C#N)cc(Cl)n1.CC(C)(C)[Si](C)(C)OCc1nc2ccccn2c1-c1cc(C#N)cc(Nc2ccc(C(F)(F)F)cc2)n1.Cc1ccc(N)cc1.N#Cc1cc(Cl)nc(Cl)c1.N#Cc1cc(Nc2ccc(C(F)(F)F)cc2)nc(-c2c(CO)nc3ccccn23)c1. The van der Waals surface area contributed by atoms with Crippen LogP contribution in [0.3, 0.4) is 0 Å². The minimum atomic E-state index is -4.42. The smallest absolute Gasteiger partial charge is 0.411 e. The standard InChI is InChI=1S/C27H28F3N5OSi.C21H14F3N5O.C20H23ClN4OSi.C14H22N2OSi.C7H9N.C6H2Cl2N2/c1-26(2,3)37(4,5)36-17-22-25(35-13-7-6-8-24(35)34-22)21-14-18(16-31)15-23(33-21)32-20-11-9-19(10-12-20)27(28,29)30;22-21(23,24)14-4-6-15(7-5-14)26-18-10-13(11-25)9-16(27-18)20-17(12-30)28-19-3-1-2-8-29(19)20;1-20(2,3)27(4,5)26-13-16-19(25-9-7-6-8-18(25)24-16)15-10-14(12-22)11-17(21)23-15;1-14(2,3)18(4,5)17-11-12-10-16-9-7-6-8-13(16)15-12;1-6-2-4-7(8)5-3-6;7-5-1-4(3-9)2-6(8)10-5/h6-15H,17H2,1-5H3,(H,32,33);1-10,30H,12H2,(H,26,27);6-11H,13H2,1-5H3;6-10H,11H2,1-5H3;2-5H,8H2,1H3;1-2H. The number of aliphatic hydroxyl groups is 1. The second kappa shape index (κ2) is 41.8. The van der Waals surface area contributed by atoms with Crippen molar-refractivity contribution in [1.82, 2.24) is 57.5 Å². The second-order valence-corrected chi connectivity index (χ2v) is 50.2. The highest BCUT2D eigenvalue weighted by molar-refractivity contribution is 6.75. The first kappa shape index (κ1) is 99.5. The summed E-state index contributed by atoms with van der Waals surface area (Å²) in [6, 6.07) is 60.5. The molecular weight excluding hydrogens is 1780 g/mol. The molecule has 0 saturated carbocycles. The van der Waals surface area contributed by atoms with Gasteiger partial charge in [0, 0.05) is 48.0 Å². The Hall–Kier alpha value is -12.7. The number of hydrogen-bond donors (Lipinski definition) is 4. The molecular formula is C95H98Cl3F6N19O4Si3. The lowest BCUT2D eigenvalue weighted by molar-refractivity contribution is -0.138. The molecule has 0 saturated heterocycles. The van der Waals surface area contributed by atoms with E-state index in [9.17, 15) is 47.2 Å². The molecule has 15 aromatic rings. The Balaban J connectivity index is 0.000000172. The average Bonchev–Trinajstić information content (AvgIpc) is 1.62. The van der Waals surface area contributed by atoms with Gasteiger partial charge in [0.15, 0.2) is 25.0 Å². The number of imidazole rings is 4. The van der Waals surface area contributed by atoms with Crippen LogP contribution in [0.1, 0.15) is 124 Å². The molecule has 12 aromatic heterocycles. The summed E-state index contributed by atoms with van der Waals surface area (Å²) in [5, 5.41) is 53.6. The number of nitrogens with one attached hydrogen (secondary N) is 2. The Morgan fingerprint density at radius 2 is 0.731 bits per heavy atom. The van der Waals surface area contributed by atoms with Gasteiger partial charge in [-0.25, -0.2) is 39.9 Å². The van der Waals surface area contributed by atoms with E-state index in [4.69, 9.17) is 74.0 Å². The summed E-state index contributed by atoms with van der Waals surface area (Å²) in [5.74, 6) is 0.606. The number of aromatic nitrogens is 12. The molecule has 12 heterocycles. The molecule has 0 bridgehead atoms. The first-order valence-corrected chi connectivity index (χ1v) is 50.7. The van der Waals surface area contributed by atoms with E-state index < -0.39 is 48.4 Å². The zero-order valence-electron chi connectivity index (χ0n) is 74.5. The monoisotopic (exact) mass is 1870 g/mol. The highest BCUT2D eigenvalue weighted by Gasteiger charge is 2.40. The molecule has 3 aromatic carbocycles. The molecule has 23 nitrogen and oxygen atoms in total. The molecule has 0 aliphatic heterocycles. The van der Waals surface area contributed by atoms with Gasteiger partial charge in [0.05, 0.1) is 141 Å². The van der Waals surface area contributed by atoms with Crippen LogP contribution in [0, 0.1) is 52.2 Å². The predicted octanol–water partition coefficient (Wildman–Crippen LogP) is 25.2. The van der Waals surface area contributed by atoms with Gasteiger partial charge in [-0.3, -0.25) is 13.2 Å². The van der Waals surface area contributed by atoms with E-state index in [1.807, 2.05) is 142 Å². The van der Waals surface area contributed by atoms with E-state index in [1.54, 1.807) is 53.1 Å². The minimum Gasteiger partial charge on any atom is -0.411 e. The van der Waals surface area contributed by atoms with E-state index >= 15 is 0 Å². The van der Waals surface area contributed by atoms with Crippen LogP contribution in [0.4, 0.5) is 55.0 Å². The zero-order valence-corrected chi connectivity index (χ0v) is 79.8. The van der Waals surface area contributed by atoms with Crippen LogP contribution in [0.25, 0.3) is 56.8 Å². The van der Waals surface area contributed by atoms with E-state index in [0.717, 1.165) is 58.3 Å². The maximum atomic E-state index is 12.9. The van der Waals surface area contributed by atoms with Crippen molar-refractivity contribution >= 4 is 111 Å². The number of aryl methyl sites for hydroxylation is 1. The predicted molar refractivity (Wildman–Crippen MR) is 506 cm³/mol. The third-order valence-corrected chi connectivity index (χ3v) is 36.0. The molecule has 0 spiro atoms. The van der Waals surface area contributed by atoms with Gasteiger partial charge >= 0.3 is 12.4 Å². The molecule has 0 atom stereocenters. The third kappa shape index (κ3) is 26.1. The Morgan fingerprint density at radius 3 is 1.08 bits per heavy atom. The van der Waals surface area contributed by atoms with E-state index in [-0.39, 0.29) is 49.6 Å². The minimum absolute atomic E-state index is 0.0179. The maximum absolute atomic E-state index is 12.9. The van der Waals surface area contributed by atoms with Crippen molar-refractivity contribution in [3.8, 4) is 58.4 Å². The summed E-state index contributed by atoms with van der Waals surface area (Å²) >= 11 is 17.1. The van der Waals surface area contributed by atoms with Crippen LogP contribution < -0.4 is 16.4 Å². The van der Waals surface area contributed by atoms with Crippen molar-refractivity contribution in [2.24, 2.45) is 0 Å². The summed E-state index contributed by atoms with van der Waals surface area (Å²) in [6.45, 7) is 36.2. The van der Waals surface area contributed by atoms with Gasteiger partial charge in [0.25, 0.3) is 0 Å². The number of nitrogen functional groups attached to an aromatic ring is 1. The quantitative estimate of drug-likeness (QED) is 0.0285. The van der Waals surface area contributed by atoms with E-state index in [1.165, 1.54) is 48.0 Å². The number of fused-ring (bicyclic) bond motifs is 4. The average molecular weight is 1870 g/mol. The number of nitriles is 4. The van der Waals surface area contributed by atoms with Crippen LogP contribution in [0.5, 0.6) is 0 Å². The van der Waals surface area contributed by atoms with E-state index in [2.05, 4.69) is 149 Å². The van der Waals surface area contributed by atoms with Crippen molar-refractivity contribution < 1.29 is 44.7 Å². The summed E-state index contributed by atoms with van der Waals surface area (Å²) in [4.78, 5) is 35.8. The number of nitrogens with zero attached hydrogens (tertiary/aromatic N) is 16. The number of nitrogens with two attached hydrogens (primary N) is 1. The number of hydrogen-bond acceptors (Lipinski definition) is 19. The molecule has 5 N–H and O–H groups in total. The number of alkyl halides is 6. The summed E-state index contributed by atoms with van der Waals surface area (Å²) in [5.41, 5.74) is 17.9. The van der Waals surface area contributed by atoms with Crippen LogP contribution in [0.15, 0.2) is 225 Å². The highest BCUT2D eigenvalue weighted by atomic mass is 35.5. The fourth-order valence-corrected chi connectivity index (χ4v) is 15.3. The third-order valence-electron chi connectivity index (χ3n) is 22.0. The summed E-state index contributed by atoms with van der Waals surface area (Å²) in [7, 11) is -5.70. The normalized spacial score (nSPS) is 11.8. The number of benzene rings is 3. The van der Waals surface area contributed by atoms with Crippen molar-refractivity contribution in [3.63, 3.8) is 0 Å². The summed E-state index contributed by atoms with van der Waals surface area (Å²) in [6.07, 6.45) is 0.783.